The van der Waals surface area contributed by atoms with Crippen molar-refractivity contribution in [1.82, 2.24) is 9.62 Å². The average Bonchev–Trinajstić information content (AvgIpc) is 2.85. The van der Waals surface area contributed by atoms with Gasteiger partial charge in [0.05, 0.1) is 16.6 Å². The topological polar surface area (TPSA) is 107 Å². The normalized spacial score (nSPS) is 13.1. The van der Waals surface area contributed by atoms with Gasteiger partial charge in [-0.15, -0.1) is 0 Å². The predicted molar refractivity (Wildman–Crippen MR) is 142 cm³/mol. The van der Waals surface area contributed by atoms with Crippen molar-refractivity contribution in [2.75, 3.05) is 20.1 Å². The summed E-state index contributed by atoms with van der Waals surface area (Å²) in [6, 6.07) is 17.6. The number of benzene rings is 3. The van der Waals surface area contributed by atoms with E-state index in [4.69, 9.17) is 0 Å². The number of sulfonamides is 1. The first kappa shape index (κ1) is 28.5. The largest absolute Gasteiger partial charge is 0.478 e. The molecule has 37 heavy (non-hydrogen) atoms. The molecule has 0 aromatic heterocycles. The van der Waals surface area contributed by atoms with Crippen LogP contribution in [0.3, 0.4) is 0 Å². The maximum atomic E-state index is 13.9. The van der Waals surface area contributed by atoms with E-state index in [-0.39, 0.29) is 29.4 Å². The number of halogens is 1. The van der Waals surface area contributed by atoms with Gasteiger partial charge >= 0.3 is 5.97 Å². The summed E-state index contributed by atoms with van der Waals surface area (Å²) in [5.41, 5.74) is 2.19. The zero-order valence-corrected chi connectivity index (χ0v) is 22.2. The van der Waals surface area contributed by atoms with Crippen LogP contribution in [-0.4, -0.2) is 60.7 Å². The molecule has 1 unspecified atom stereocenters. The lowest BCUT2D eigenvalue weighted by atomic mass is 9.94. The Morgan fingerprint density at radius 2 is 1.70 bits per heavy atom. The van der Waals surface area contributed by atoms with Crippen LogP contribution in [0.25, 0.3) is 11.1 Å². The van der Waals surface area contributed by atoms with Crippen LogP contribution in [0.15, 0.2) is 71.6 Å². The number of hydrogen-bond acceptors (Lipinski definition) is 5. The van der Waals surface area contributed by atoms with Gasteiger partial charge in [-0.25, -0.2) is 17.6 Å². The number of β-amino-alcohol motifs (C(OH)–C–C–N with tert-alkyl or cyclic N) is 1. The van der Waals surface area contributed by atoms with Crippen LogP contribution in [0.2, 0.25) is 0 Å². The number of carbonyl (C=O) groups is 1. The van der Waals surface area contributed by atoms with Crippen molar-refractivity contribution in [1.29, 1.82) is 0 Å². The molecular formula is C28H33FN2O5S. The van der Waals surface area contributed by atoms with Crippen molar-refractivity contribution >= 4 is 16.0 Å². The molecule has 1 atom stereocenters. The number of carboxylic acids is 1. The number of carboxylic acid groups (broad SMARTS) is 1. The summed E-state index contributed by atoms with van der Waals surface area (Å²) in [4.78, 5) is 11.3. The smallest absolute Gasteiger partial charge is 0.335 e. The van der Waals surface area contributed by atoms with Crippen LogP contribution in [0.4, 0.5) is 4.39 Å². The molecule has 0 amide bonds. The minimum Gasteiger partial charge on any atom is -0.478 e. The van der Waals surface area contributed by atoms with Crippen molar-refractivity contribution in [2.45, 2.75) is 43.7 Å². The van der Waals surface area contributed by atoms with Gasteiger partial charge in [0.1, 0.15) is 5.82 Å². The van der Waals surface area contributed by atoms with Crippen molar-refractivity contribution in [2.24, 2.45) is 0 Å². The van der Waals surface area contributed by atoms with E-state index in [0.717, 1.165) is 9.87 Å². The van der Waals surface area contributed by atoms with E-state index in [0.29, 0.717) is 23.1 Å². The number of aliphatic hydroxyl groups is 1. The molecule has 3 N–H and O–H groups in total. The predicted octanol–water partition coefficient (Wildman–Crippen LogP) is 4.09. The maximum Gasteiger partial charge on any atom is 0.335 e. The molecule has 0 spiro atoms. The summed E-state index contributed by atoms with van der Waals surface area (Å²) in [6.45, 7) is 5.58. The van der Waals surface area contributed by atoms with E-state index in [1.54, 1.807) is 37.3 Å². The van der Waals surface area contributed by atoms with Crippen LogP contribution in [0.5, 0.6) is 0 Å². The molecule has 0 aliphatic heterocycles. The maximum absolute atomic E-state index is 13.9. The first-order valence-corrected chi connectivity index (χ1v) is 13.3. The lowest BCUT2D eigenvalue weighted by Gasteiger charge is -2.29. The number of aliphatic hydroxyl groups excluding tert-OH is 1. The molecule has 9 heteroatoms. The quantitative estimate of drug-likeness (QED) is 0.346. The molecule has 0 aliphatic rings. The lowest BCUT2D eigenvalue weighted by Crippen LogP contribution is -2.47. The molecule has 3 aromatic rings. The van der Waals surface area contributed by atoms with Crippen molar-refractivity contribution in [3.8, 4) is 11.1 Å². The number of rotatable bonds is 11. The Hall–Kier alpha value is -3.11. The van der Waals surface area contributed by atoms with E-state index < -0.39 is 27.6 Å². The second-order valence-electron chi connectivity index (χ2n) is 9.88. The van der Waals surface area contributed by atoms with Gasteiger partial charge in [-0.2, -0.15) is 4.31 Å². The Labute approximate surface area is 217 Å². The molecule has 3 aromatic carbocycles. The Kier molecular flexibility index (Phi) is 8.86. The highest BCUT2D eigenvalue weighted by Crippen LogP contribution is 2.25. The molecule has 0 aliphatic carbocycles. The fraction of sp³-hybridized carbons (Fsp3) is 0.321. The Morgan fingerprint density at radius 1 is 1.05 bits per heavy atom. The molecule has 198 valence electrons. The van der Waals surface area contributed by atoms with Gasteiger partial charge in [-0.05, 0) is 79.8 Å². The number of aryl methyl sites for hydroxylation is 1. The standard InChI is InChI=1S/C28H33FN2O5S/c1-19-11-12-20(13-26(19)29)16-28(2,3)30-17-24(32)18-31(4)37(35,36)25-10-6-8-22(15-25)21-7-5-9-23(14-21)27(33)34/h5-15,24,30,32H,16-18H2,1-4H3,(H,33,34). The van der Waals surface area contributed by atoms with Crippen LogP contribution in [0, 0.1) is 12.7 Å². The summed E-state index contributed by atoms with van der Waals surface area (Å²) in [5, 5.41) is 23.1. The van der Waals surface area contributed by atoms with Crippen LogP contribution in [0.1, 0.15) is 35.3 Å². The Balaban J connectivity index is 1.65. The zero-order chi connectivity index (χ0) is 27.4. The third-order valence-corrected chi connectivity index (χ3v) is 7.97. The van der Waals surface area contributed by atoms with Crippen LogP contribution >= 0.6 is 0 Å². The Morgan fingerprint density at radius 3 is 2.35 bits per heavy atom. The highest BCUT2D eigenvalue weighted by Gasteiger charge is 2.25. The molecule has 0 radical (unpaired) electrons. The SMILES string of the molecule is Cc1ccc(CC(C)(C)NCC(O)CN(C)S(=O)(=O)c2cccc(-c3cccc(C(=O)O)c3)c2)cc1F. The average molecular weight is 529 g/mol. The van der Waals surface area contributed by atoms with Crippen molar-refractivity contribution in [3.63, 3.8) is 0 Å². The first-order valence-electron chi connectivity index (χ1n) is 11.9. The van der Waals surface area contributed by atoms with Crippen LogP contribution in [-0.2, 0) is 16.4 Å². The highest BCUT2D eigenvalue weighted by molar-refractivity contribution is 7.89. The molecule has 7 nitrogen and oxygen atoms in total. The zero-order valence-electron chi connectivity index (χ0n) is 21.4. The summed E-state index contributed by atoms with van der Waals surface area (Å²) < 4.78 is 41.4. The first-order chi connectivity index (χ1) is 17.3. The fourth-order valence-corrected chi connectivity index (χ4v) is 5.28. The third kappa shape index (κ3) is 7.45. The summed E-state index contributed by atoms with van der Waals surface area (Å²) in [6.07, 6.45) is -0.453. The number of nitrogens with one attached hydrogen (secondary N) is 1. The van der Waals surface area contributed by atoms with Crippen molar-refractivity contribution in [3.05, 3.63) is 89.2 Å². The minimum absolute atomic E-state index is 0.0371. The van der Waals surface area contributed by atoms with E-state index in [9.17, 15) is 27.8 Å². The molecule has 3 rings (SSSR count). The highest BCUT2D eigenvalue weighted by atomic mass is 32.2. The number of likely N-dealkylation sites (N-methyl/N-ethyl adjacent to an activating group) is 1. The third-order valence-electron chi connectivity index (χ3n) is 6.15. The van der Waals surface area contributed by atoms with Crippen molar-refractivity contribution < 1.29 is 27.8 Å². The molecular weight excluding hydrogens is 495 g/mol. The molecule has 0 fully saturated rings. The minimum atomic E-state index is -3.91. The monoisotopic (exact) mass is 528 g/mol. The van der Waals surface area contributed by atoms with E-state index >= 15 is 0 Å². The Bertz CT molecular complexity index is 1370. The summed E-state index contributed by atoms with van der Waals surface area (Å²) >= 11 is 0. The molecule has 0 heterocycles. The van der Waals surface area contributed by atoms with E-state index in [1.165, 1.54) is 37.4 Å². The second-order valence-corrected chi connectivity index (χ2v) is 11.9. The van der Waals surface area contributed by atoms with E-state index in [1.807, 2.05) is 19.9 Å². The number of hydrogen-bond donors (Lipinski definition) is 3. The fourth-order valence-electron chi connectivity index (χ4n) is 4.02. The second kappa shape index (κ2) is 11.5. The summed E-state index contributed by atoms with van der Waals surface area (Å²) in [5.74, 6) is -1.33. The van der Waals surface area contributed by atoms with Gasteiger partial charge in [0.2, 0.25) is 10.0 Å². The van der Waals surface area contributed by atoms with Gasteiger partial charge in [-0.3, -0.25) is 0 Å². The number of aromatic carboxylic acids is 1. The molecule has 0 bridgehead atoms. The molecule has 0 saturated carbocycles. The van der Waals surface area contributed by atoms with Gasteiger partial charge in [0.15, 0.2) is 0 Å². The van der Waals surface area contributed by atoms with Crippen LogP contribution < -0.4 is 5.32 Å². The van der Waals surface area contributed by atoms with Gasteiger partial charge in [-0.1, -0.05) is 36.4 Å². The molecule has 0 saturated heterocycles. The van der Waals surface area contributed by atoms with Gasteiger partial charge < -0.3 is 15.5 Å². The van der Waals surface area contributed by atoms with E-state index in [2.05, 4.69) is 5.32 Å². The summed E-state index contributed by atoms with van der Waals surface area (Å²) in [7, 11) is -2.52. The number of nitrogens with zero attached hydrogens (tertiary/aromatic N) is 1. The lowest BCUT2D eigenvalue weighted by molar-refractivity contribution is 0.0697. The van der Waals surface area contributed by atoms with Gasteiger partial charge in [0, 0.05) is 25.7 Å². The van der Waals surface area contributed by atoms with Gasteiger partial charge in [0.25, 0.3) is 0 Å².